The fourth-order valence-corrected chi connectivity index (χ4v) is 2.44. The minimum Gasteiger partial charge on any atom is -0.497 e. The van der Waals surface area contributed by atoms with Gasteiger partial charge in [0.2, 0.25) is 0 Å². The molecule has 1 aromatic heterocycles. The summed E-state index contributed by atoms with van der Waals surface area (Å²) in [5, 5.41) is 4.19. The predicted molar refractivity (Wildman–Crippen MR) is 88.0 cm³/mol. The molecule has 0 unspecified atom stereocenters. The lowest BCUT2D eigenvalue weighted by atomic mass is 10.2. The molecule has 7 nitrogen and oxygen atoms in total. The Morgan fingerprint density at radius 1 is 1.26 bits per heavy atom. The molecule has 0 saturated carbocycles. The summed E-state index contributed by atoms with van der Waals surface area (Å²) in [6.07, 6.45) is 0. The zero-order valence-electron chi connectivity index (χ0n) is 13.0. The van der Waals surface area contributed by atoms with E-state index in [0.29, 0.717) is 15.8 Å². The quantitative estimate of drug-likeness (QED) is 0.790. The molecule has 0 bridgehead atoms. The van der Waals surface area contributed by atoms with E-state index in [2.05, 4.69) is 31.9 Å². The smallest absolute Gasteiger partial charge is 0.270 e. The molecule has 1 heterocycles. The summed E-state index contributed by atoms with van der Waals surface area (Å²) in [5.41, 5.74) is 6.81. The Balaban J connectivity index is 1.96. The van der Waals surface area contributed by atoms with Crippen molar-refractivity contribution in [3.63, 3.8) is 0 Å². The van der Waals surface area contributed by atoms with E-state index in [1.165, 1.54) is 7.11 Å². The van der Waals surface area contributed by atoms with E-state index in [1.807, 2.05) is 19.9 Å². The molecule has 2 rings (SSSR count). The number of hydrazine groups is 1. The van der Waals surface area contributed by atoms with Gasteiger partial charge < -0.3 is 4.74 Å². The second-order valence-corrected chi connectivity index (χ2v) is 5.79. The van der Waals surface area contributed by atoms with Gasteiger partial charge in [0, 0.05) is 10.2 Å². The molecule has 2 N–H and O–H groups in total. The largest absolute Gasteiger partial charge is 0.497 e. The van der Waals surface area contributed by atoms with Gasteiger partial charge in [-0.2, -0.15) is 5.10 Å². The third-order valence-corrected chi connectivity index (χ3v) is 3.82. The van der Waals surface area contributed by atoms with Crippen LogP contribution >= 0.6 is 15.9 Å². The average molecular weight is 381 g/mol. The normalized spacial score (nSPS) is 10.3. The molecular weight excluding hydrogens is 364 g/mol. The van der Waals surface area contributed by atoms with Crippen molar-refractivity contribution in [2.24, 2.45) is 0 Å². The molecule has 1 aromatic carbocycles. The van der Waals surface area contributed by atoms with Gasteiger partial charge in [0.1, 0.15) is 12.3 Å². The molecule has 8 heteroatoms. The first-order valence-corrected chi connectivity index (χ1v) is 7.63. The van der Waals surface area contributed by atoms with E-state index in [9.17, 15) is 9.59 Å². The fourth-order valence-electron chi connectivity index (χ4n) is 2.01. The molecule has 23 heavy (non-hydrogen) atoms. The van der Waals surface area contributed by atoms with Gasteiger partial charge in [-0.1, -0.05) is 0 Å². The van der Waals surface area contributed by atoms with Gasteiger partial charge >= 0.3 is 0 Å². The Labute approximate surface area is 142 Å². The van der Waals surface area contributed by atoms with E-state index >= 15 is 0 Å². The highest BCUT2D eigenvalue weighted by atomic mass is 79.9. The maximum Gasteiger partial charge on any atom is 0.270 e. The van der Waals surface area contributed by atoms with Gasteiger partial charge in [0.25, 0.3) is 11.8 Å². The number of nitrogens with zero attached hydrogens (tertiary/aromatic N) is 2. The number of hydrogen-bond acceptors (Lipinski definition) is 4. The van der Waals surface area contributed by atoms with Gasteiger partial charge in [0.05, 0.1) is 18.4 Å². The maximum atomic E-state index is 12.1. The van der Waals surface area contributed by atoms with Gasteiger partial charge in [-0.15, -0.1) is 0 Å². The number of amides is 2. The molecule has 0 fully saturated rings. The number of carbonyl (C=O) groups is 2. The van der Waals surface area contributed by atoms with Crippen LogP contribution in [-0.4, -0.2) is 28.7 Å². The van der Waals surface area contributed by atoms with Crippen molar-refractivity contribution in [3.05, 3.63) is 45.7 Å². The molecular formula is C15H17BrN4O3. The molecule has 0 atom stereocenters. The predicted octanol–water partition coefficient (Wildman–Crippen LogP) is 1.73. The summed E-state index contributed by atoms with van der Waals surface area (Å²) in [6.45, 7) is 3.74. The van der Waals surface area contributed by atoms with E-state index in [1.54, 1.807) is 22.9 Å². The number of carbonyl (C=O) groups excluding carboxylic acids is 2. The highest BCUT2D eigenvalue weighted by Gasteiger charge is 2.13. The van der Waals surface area contributed by atoms with Crippen LogP contribution in [0.4, 0.5) is 0 Å². The molecule has 0 aliphatic carbocycles. The number of benzene rings is 1. The summed E-state index contributed by atoms with van der Waals surface area (Å²) in [6, 6.07) is 6.87. The molecule has 0 saturated heterocycles. The van der Waals surface area contributed by atoms with Crippen LogP contribution in [0.15, 0.2) is 28.7 Å². The van der Waals surface area contributed by atoms with Crippen molar-refractivity contribution in [2.45, 2.75) is 20.4 Å². The van der Waals surface area contributed by atoms with Gasteiger partial charge in [-0.3, -0.25) is 25.1 Å². The number of ether oxygens (including phenoxy) is 1. The molecule has 0 aliphatic heterocycles. The Morgan fingerprint density at radius 2 is 2.00 bits per heavy atom. The molecule has 0 radical (unpaired) electrons. The number of nitrogens with one attached hydrogen (secondary N) is 2. The van der Waals surface area contributed by atoms with Crippen LogP contribution < -0.4 is 15.6 Å². The number of aromatic nitrogens is 2. The Morgan fingerprint density at radius 3 is 2.61 bits per heavy atom. The van der Waals surface area contributed by atoms with Crippen molar-refractivity contribution in [1.82, 2.24) is 20.6 Å². The third-order valence-electron chi connectivity index (χ3n) is 3.13. The lowest BCUT2D eigenvalue weighted by Crippen LogP contribution is -2.43. The summed E-state index contributed by atoms with van der Waals surface area (Å²) >= 11 is 3.29. The Hall–Kier alpha value is -2.35. The highest BCUT2D eigenvalue weighted by molar-refractivity contribution is 9.10. The molecule has 2 amide bonds. The van der Waals surface area contributed by atoms with Crippen molar-refractivity contribution in [1.29, 1.82) is 0 Å². The SMILES string of the molecule is COc1ccc(Br)c(C(=O)NNC(=O)Cn2nc(C)cc2C)c1. The topological polar surface area (TPSA) is 85.3 Å². The van der Waals surface area contributed by atoms with Crippen molar-refractivity contribution in [2.75, 3.05) is 7.11 Å². The first-order valence-electron chi connectivity index (χ1n) is 6.84. The van der Waals surface area contributed by atoms with E-state index < -0.39 is 5.91 Å². The van der Waals surface area contributed by atoms with E-state index in [4.69, 9.17) is 4.74 Å². The molecule has 122 valence electrons. The lowest BCUT2D eigenvalue weighted by Gasteiger charge is -2.10. The van der Waals surface area contributed by atoms with E-state index in [0.717, 1.165) is 11.4 Å². The molecule has 0 aliphatic rings. The van der Waals surface area contributed by atoms with Gasteiger partial charge in [-0.25, -0.2) is 0 Å². The zero-order chi connectivity index (χ0) is 17.0. The second-order valence-electron chi connectivity index (χ2n) is 4.93. The van der Waals surface area contributed by atoms with Crippen LogP contribution in [0, 0.1) is 13.8 Å². The number of halogens is 1. The summed E-state index contributed by atoms with van der Waals surface area (Å²) in [4.78, 5) is 24.0. The third kappa shape index (κ3) is 4.32. The van der Waals surface area contributed by atoms with Crippen LogP contribution in [0.1, 0.15) is 21.7 Å². The number of methoxy groups -OCH3 is 1. The minimum absolute atomic E-state index is 0.0270. The first kappa shape index (κ1) is 17.0. The average Bonchev–Trinajstić information content (AvgIpc) is 2.83. The van der Waals surface area contributed by atoms with Gasteiger partial charge in [0.15, 0.2) is 0 Å². The highest BCUT2D eigenvalue weighted by Crippen LogP contribution is 2.22. The number of rotatable bonds is 4. The van der Waals surface area contributed by atoms with Crippen molar-refractivity contribution >= 4 is 27.7 Å². The van der Waals surface area contributed by atoms with Crippen LogP contribution in [0.2, 0.25) is 0 Å². The number of aryl methyl sites for hydroxylation is 2. The van der Waals surface area contributed by atoms with Crippen LogP contribution in [0.5, 0.6) is 5.75 Å². The summed E-state index contributed by atoms with van der Waals surface area (Å²) in [5.74, 6) is -0.270. The Kier molecular flexibility index (Phi) is 5.38. The first-order chi connectivity index (χ1) is 10.9. The zero-order valence-corrected chi connectivity index (χ0v) is 14.6. The minimum atomic E-state index is -0.447. The summed E-state index contributed by atoms with van der Waals surface area (Å²) < 4.78 is 7.25. The second kappa shape index (κ2) is 7.28. The Bertz CT molecular complexity index is 742. The van der Waals surface area contributed by atoms with Crippen molar-refractivity contribution in [3.8, 4) is 5.75 Å². The number of hydrogen-bond donors (Lipinski definition) is 2. The van der Waals surface area contributed by atoms with Gasteiger partial charge in [-0.05, 0) is 54.0 Å². The van der Waals surface area contributed by atoms with Crippen LogP contribution in [0.25, 0.3) is 0 Å². The van der Waals surface area contributed by atoms with Crippen molar-refractivity contribution < 1.29 is 14.3 Å². The monoisotopic (exact) mass is 380 g/mol. The van der Waals surface area contributed by atoms with Crippen LogP contribution in [0.3, 0.4) is 0 Å². The fraction of sp³-hybridized carbons (Fsp3) is 0.267. The summed E-state index contributed by atoms with van der Waals surface area (Å²) in [7, 11) is 1.51. The molecule has 2 aromatic rings. The molecule has 0 spiro atoms. The lowest BCUT2D eigenvalue weighted by molar-refractivity contribution is -0.122. The maximum absolute atomic E-state index is 12.1. The van der Waals surface area contributed by atoms with Crippen LogP contribution in [-0.2, 0) is 11.3 Å². The van der Waals surface area contributed by atoms with E-state index in [-0.39, 0.29) is 12.5 Å². The standard InChI is InChI=1S/C15H17BrN4O3/c1-9-6-10(2)20(19-9)8-14(21)17-18-15(22)12-7-11(23-3)4-5-13(12)16/h4-7H,8H2,1-3H3,(H,17,21)(H,18,22).